The molecule has 0 atom stereocenters. The predicted molar refractivity (Wildman–Crippen MR) is 93.0 cm³/mol. The Balaban J connectivity index is 1.96. The van der Waals surface area contributed by atoms with Crippen molar-refractivity contribution in [2.45, 2.75) is 27.2 Å². The Morgan fingerprint density at radius 1 is 1.04 bits per heavy atom. The summed E-state index contributed by atoms with van der Waals surface area (Å²) < 4.78 is 0. The van der Waals surface area contributed by atoms with Crippen molar-refractivity contribution in [3.05, 3.63) is 33.8 Å². The molecule has 1 heterocycles. The van der Waals surface area contributed by atoms with Crippen LogP contribution in [0.4, 0.5) is 0 Å². The number of carbonyl (C=O) groups excluding carboxylic acids is 2. The van der Waals surface area contributed by atoms with Crippen molar-refractivity contribution in [3.8, 4) is 0 Å². The maximum absolute atomic E-state index is 12.5. The van der Waals surface area contributed by atoms with Crippen LogP contribution < -0.4 is 0 Å². The molecule has 1 saturated heterocycles. The minimum absolute atomic E-state index is 0.0269. The van der Waals surface area contributed by atoms with E-state index in [9.17, 15) is 9.59 Å². The number of halogens is 2. The van der Waals surface area contributed by atoms with Gasteiger partial charge in [0.2, 0.25) is 5.91 Å². The lowest BCUT2D eigenvalue weighted by molar-refractivity contribution is -0.134. The van der Waals surface area contributed by atoms with Gasteiger partial charge >= 0.3 is 0 Å². The Morgan fingerprint density at radius 3 is 2.13 bits per heavy atom. The normalized spacial score (nSPS) is 15.7. The SMILES string of the molecule is CC(C)(C)CC(=O)N1CCN(C(=O)c2ccc(Cl)cc2Cl)CC1. The molecular formula is C17H22Cl2N2O2. The summed E-state index contributed by atoms with van der Waals surface area (Å²) in [6.45, 7) is 8.31. The van der Waals surface area contributed by atoms with Gasteiger partial charge in [-0.3, -0.25) is 9.59 Å². The largest absolute Gasteiger partial charge is 0.339 e. The van der Waals surface area contributed by atoms with E-state index in [4.69, 9.17) is 23.2 Å². The number of hydrogen-bond donors (Lipinski definition) is 0. The second-order valence-corrected chi connectivity index (χ2v) is 7.88. The van der Waals surface area contributed by atoms with E-state index < -0.39 is 0 Å². The number of piperazine rings is 1. The van der Waals surface area contributed by atoms with Gasteiger partial charge in [0.15, 0.2) is 0 Å². The van der Waals surface area contributed by atoms with Crippen LogP contribution in [0.2, 0.25) is 10.0 Å². The number of amides is 2. The molecule has 0 saturated carbocycles. The number of nitrogens with zero attached hydrogens (tertiary/aromatic N) is 2. The minimum atomic E-state index is -0.116. The first-order valence-corrected chi connectivity index (χ1v) is 8.45. The van der Waals surface area contributed by atoms with Gasteiger partial charge in [-0.1, -0.05) is 44.0 Å². The van der Waals surface area contributed by atoms with Crippen LogP contribution in [0.5, 0.6) is 0 Å². The third-order valence-electron chi connectivity index (χ3n) is 3.76. The van der Waals surface area contributed by atoms with E-state index in [1.165, 1.54) is 0 Å². The molecule has 0 spiro atoms. The van der Waals surface area contributed by atoms with Crippen molar-refractivity contribution < 1.29 is 9.59 Å². The fourth-order valence-corrected chi connectivity index (χ4v) is 3.05. The van der Waals surface area contributed by atoms with Crippen LogP contribution in [-0.4, -0.2) is 47.8 Å². The molecule has 0 aliphatic carbocycles. The lowest BCUT2D eigenvalue weighted by atomic mass is 9.91. The van der Waals surface area contributed by atoms with Gasteiger partial charge in [0, 0.05) is 37.6 Å². The second-order valence-electron chi connectivity index (χ2n) is 7.03. The zero-order valence-electron chi connectivity index (χ0n) is 13.7. The highest BCUT2D eigenvalue weighted by Gasteiger charge is 2.27. The zero-order valence-corrected chi connectivity index (χ0v) is 15.2. The first kappa shape index (κ1) is 18.1. The van der Waals surface area contributed by atoms with Crippen molar-refractivity contribution in [3.63, 3.8) is 0 Å². The highest BCUT2D eigenvalue weighted by molar-refractivity contribution is 6.36. The summed E-state index contributed by atoms with van der Waals surface area (Å²) in [4.78, 5) is 28.3. The topological polar surface area (TPSA) is 40.6 Å². The molecule has 1 aliphatic heterocycles. The molecule has 0 bridgehead atoms. The van der Waals surface area contributed by atoms with Crippen LogP contribution in [0, 0.1) is 5.41 Å². The van der Waals surface area contributed by atoms with Crippen LogP contribution >= 0.6 is 23.2 Å². The molecular weight excluding hydrogens is 335 g/mol. The van der Waals surface area contributed by atoms with Crippen LogP contribution in [0.25, 0.3) is 0 Å². The van der Waals surface area contributed by atoms with Gasteiger partial charge in [-0.25, -0.2) is 0 Å². The first-order valence-electron chi connectivity index (χ1n) is 7.69. The van der Waals surface area contributed by atoms with E-state index in [0.717, 1.165) is 0 Å². The second kappa shape index (κ2) is 7.10. The summed E-state index contributed by atoms with van der Waals surface area (Å²) in [5.41, 5.74) is 0.423. The van der Waals surface area contributed by atoms with E-state index in [1.54, 1.807) is 23.1 Å². The first-order chi connectivity index (χ1) is 10.7. The lowest BCUT2D eigenvalue weighted by Crippen LogP contribution is -2.51. The fraction of sp³-hybridized carbons (Fsp3) is 0.529. The van der Waals surface area contributed by atoms with Crippen LogP contribution in [-0.2, 0) is 4.79 Å². The molecule has 126 valence electrons. The Morgan fingerprint density at radius 2 is 1.61 bits per heavy atom. The van der Waals surface area contributed by atoms with Crippen LogP contribution in [0.15, 0.2) is 18.2 Å². The zero-order chi connectivity index (χ0) is 17.2. The smallest absolute Gasteiger partial charge is 0.255 e. The Hall–Kier alpha value is -1.26. The molecule has 23 heavy (non-hydrogen) atoms. The quantitative estimate of drug-likeness (QED) is 0.810. The molecule has 6 heteroatoms. The summed E-state index contributed by atoms with van der Waals surface area (Å²) in [6, 6.07) is 4.87. The molecule has 0 unspecified atom stereocenters. The molecule has 1 fully saturated rings. The standard InChI is InChI=1S/C17H22Cl2N2O2/c1-17(2,3)11-15(22)20-6-8-21(9-7-20)16(23)13-5-4-12(18)10-14(13)19/h4-5,10H,6-9,11H2,1-3H3. The predicted octanol–water partition coefficient (Wildman–Crippen LogP) is 3.71. The van der Waals surface area contributed by atoms with E-state index in [0.29, 0.717) is 48.2 Å². The number of rotatable bonds is 2. The molecule has 1 aromatic carbocycles. The Labute approximate surface area is 147 Å². The summed E-state index contributed by atoms with van der Waals surface area (Å²) in [5.74, 6) is 0.0312. The van der Waals surface area contributed by atoms with E-state index in [2.05, 4.69) is 0 Å². The summed E-state index contributed by atoms with van der Waals surface area (Å²) in [7, 11) is 0. The Bertz CT molecular complexity index is 603. The number of carbonyl (C=O) groups is 2. The molecule has 2 rings (SSSR count). The number of benzene rings is 1. The molecule has 0 N–H and O–H groups in total. The van der Waals surface area contributed by atoms with Crippen LogP contribution in [0.3, 0.4) is 0 Å². The van der Waals surface area contributed by atoms with Gasteiger partial charge in [0.05, 0.1) is 10.6 Å². The van der Waals surface area contributed by atoms with Crippen molar-refractivity contribution in [1.29, 1.82) is 0 Å². The average Bonchev–Trinajstić information content (AvgIpc) is 2.45. The van der Waals surface area contributed by atoms with E-state index in [-0.39, 0.29) is 17.2 Å². The Kier molecular flexibility index (Phi) is 5.58. The summed E-state index contributed by atoms with van der Waals surface area (Å²) >= 11 is 12.0. The van der Waals surface area contributed by atoms with E-state index >= 15 is 0 Å². The van der Waals surface area contributed by atoms with Gasteiger partial charge in [-0.2, -0.15) is 0 Å². The molecule has 0 radical (unpaired) electrons. The maximum atomic E-state index is 12.5. The monoisotopic (exact) mass is 356 g/mol. The number of hydrogen-bond acceptors (Lipinski definition) is 2. The third-order valence-corrected chi connectivity index (χ3v) is 4.31. The highest BCUT2D eigenvalue weighted by atomic mass is 35.5. The van der Waals surface area contributed by atoms with Crippen molar-refractivity contribution in [2.75, 3.05) is 26.2 Å². The molecule has 0 aromatic heterocycles. The van der Waals surface area contributed by atoms with Gasteiger partial charge in [0.25, 0.3) is 5.91 Å². The van der Waals surface area contributed by atoms with Gasteiger partial charge in [-0.15, -0.1) is 0 Å². The van der Waals surface area contributed by atoms with Crippen molar-refractivity contribution in [1.82, 2.24) is 9.80 Å². The minimum Gasteiger partial charge on any atom is -0.339 e. The molecule has 4 nitrogen and oxygen atoms in total. The van der Waals surface area contributed by atoms with Crippen molar-refractivity contribution >= 4 is 35.0 Å². The maximum Gasteiger partial charge on any atom is 0.255 e. The molecule has 1 aromatic rings. The molecule has 1 aliphatic rings. The third kappa shape index (κ3) is 4.85. The van der Waals surface area contributed by atoms with Crippen molar-refractivity contribution in [2.24, 2.45) is 5.41 Å². The lowest BCUT2D eigenvalue weighted by Gasteiger charge is -2.36. The van der Waals surface area contributed by atoms with Gasteiger partial charge < -0.3 is 9.80 Å². The van der Waals surface area contributed by atoms with Gasteiger partial charge in [-0.05, 0) is 23.6 Å². The average molecular weight is 357 g/mol. The summed E-state index contributed by atoms with van der Waals surface area (Å²) in [6.07, 6.45) is 0.518. The van der Waals surface area contributed by atoms with E-state index in [1.807, 2.05) is 25.7 Å². The van der Waals surface area contributed by atoms with Gasteiger partial charge in [0.1, 0.15) is 0 Å². The summed E-state index contributed by atoms with van der Waals surface area (Å²) in [5, 5.41) is 0.859. The highest BCUT2D eigenvalue weighted by Crippen LogP contribution is 2.24. The fourth-order valence-electron chi connectivity index (χ4n) is 2.56. The van der Waals surface area contributed by atoms with Crippen LogP contribution in [0.1, 0.15) is 37.6 Å². The molecule has 2 amide bonds.